The number of hydrogen-bond acceptors (Lipinski definition) is 2. The fourth-order valence-electron chi connectivity index (χ4n) is 0. The van der Waals surface area contributed by atoms with Crippen LogP contribution in [0.2, 0.25) is 0 Å². The van der Waals surface area contributed by atoms with Gasteiger partial charge in [-0.25, -0.2) is 0 Å². The fourth-order valence-corrected chi connectivity index (χ4v) is 0. The maximum Gasteiger partial charge on any atom is 4.00 e. The zero-order chi connectivity index (χ0) is 0. The van der Waals surface area contributed by atoms with Gasteiger partial charge < -0.3 is 11.0 Å². The summed E-state index contributed by atoms with van der Waals surface area (Å²) >= 11 is 0. The first-order chi connectivity index (χ1) is 0. The zero-order valence-corrected chi connectivity index (χ0v) is 5.02. The normalized spacial score (nSPS) is 0. The molecule has 0 saturated heterocycles. The fraction of sp³-hybridized carbons (Fsp3) is 0. The second kappa shape index (κ2) is 26.8. The van der Waals surface area contributed by atoms with E-state index in [1.165, 1.54) is 0 Å². The SMILES string of the molecule is [OH-].[OH-].[Ti+4].[Ti+4]. The number of hydrogen-bond donors (Lipinski definition) is 0. The van der Waals surface area contributed by atoms with Gasteiger partial charge in [0.25, 0.3) is 0 Å². The van der Waals surface area contributed by atoms with E-state index in [1.54, 1.807) is 0 Å². The third kappa shape index (κ3) is 10.2. The Morgan fingerprint density at radius 2 is 0.500 bits per heavy atom. The van der Waals surface area contributed by atoms with Crippen LogP contribution in [0.1, 0.15) is 0 Å². The molecule has 0 aliphatic carbocycles. The Labute approximate surface area is 54.3 Å². The molecule has 0 aliphatic heterocycles. The molecule has 0 radical (unpaired) electrons. The van der Waals surface area contributed by atoms with E-state index in [9.17, 15) is 0 Å². The van der Waals surface area contributed by atoms with Gasteiger partial charge in [0, 0.05) is 0 Å². The van der Waals surface area contributed by atoms with Crippen LogP contribution in [0.25, 0.3) is 0 Å². The molecule has 0 fully saturated rings. The summed E-state index contributed by atoms with van der Waals surface area (Å²) in [6.07, 6.45) is 0. The molecule has 0 aromatic heterocycles. The second-order valence-corrected chi connectivity index (χ2v) is 0. The Kier molecular flexibility index (Phi) is 373. The average Bonchev–Trinajstić information content (AvgIpc) is 0. The molecule has 2 nitrogen and oxygen atoms in total. The molecule has 0 unspecified atom stereocenters. The van der Waals surface area contributed by atoms with E-state index < -0.39 is 0 Å². The van der Waals surface area contributed by atoms with Crippen LogP contribution in [0, 0.1) is 0 Å². The van der Waals surface area contributed by atoms with Crippen molar-refractivity contribution in [1.29, 1.82) is 0 Å². The van der Waals surface area contributed by atoms with Crippen molar-refractivity contribution in [2.24, 2.45) is 0 Å². The zero-order valence-electron chi connectivity index (χ0n) is 1.89. The predicted molar refractivity (Wildman–Crippen MR) is 3.87 cm³/mol. The molecule has 16 valence electrons. The molecule has 0 spiro atoms. The summed E-state index contributed by atoms with van der Waals surface area (Å²) in [5, 5.41) is 0. The van der Waals surface area contributed by atoms with E-state index in [-0.39, 0.29) is 54.4 Å². The van der Waals surface area contributed by atoms with Gasteiger partial charge in [-0.15, -0.1) is 0 Å². The van der Waals surface area contributed by atoms with E-state index in [0.717, 1.165) is 0 Å². The molecule has 4 heteroatoms. The Hall–Kier alpha value is 1.35. The van der Waals surface area contributed by atoms with Crippen molar-refractivity contribution in [3.8, 4) is 0 Å². The molecule has 0 aliphatic rings. The molecule has 0 amide bonds. The average molecular weight is 130 g/mol. The summed E-state index contributed by atoms with van der Waals surface area (Å²) in [4.78, 5) is 0. The molecule has 0 aromatic carbocycles. The molecule has 0 rings (SSSR count). The Morgan fingerprint density at radius 1 is 0.500 bits per heavy atom. The maximum atomic E-state index is 0. The van der Waals surface area contributed by atoms with E-state index >= 15 is 0 Å². The second-order valence-electron chi connectivity index (χ2n) is 0. The summed E-state index contributed by atoms with van der Waals surface area (Å²) in [6.45, 7) is 0. The molecule has 0 saturated carbocycles. The van der Waals surface area contributed by atoms with Crippen LogP contribution in [0.5, 0.6) is 0 Å². The van der Waals surface area contributed by atoms with Crippen LogP contribution in [-0.2, 0) is 43.4 Å². The van der Waals surface area contributed by atoms with E-state index in [2.05, 4.69) is 0 Å². The van der Waals surface area contributed by atoms with Crippen molar-refractivity contribution in [1.82, 2.24) is 0 Å². The van der Waals surface area contributed by atoms with Gasteiger partial charge in [-0.05, 0) is 0 Å². The van der Waals surface area contributed by atoms with Crippen LogP contribution < -0.4 is 0 Å². The van der Waals surface area contributed by atoms with Gasteiger partial charge in [0.15, 0.2) is 0 Å². The first kappa shape index (κ1) is 55.6. The minimum atomic E-state index is 0. The molecule has 2 N–H and O–H groups in total. The van der Waals surface area contributed by atoms with Crippen LogP contribution >= 0.6 is 0 Å². The monoisotopic (exact) mass is 130 g/mol. The largest absolute Gasteiger partial charge is 4.00 e. The van der Waals surface area contributed by atoms with E-state index in [4.69, 9.17) is 0 Å². The van der Waals surface area contributed by atoms with Crippen LogP contribution in [0.4, 0.5) is 0 Å². The van der Waals surface area contributed by atoms with Crippen molar-refractivity contribution < 1.29 is 54.4 Å². The summed E-state index contributed by atoms with van der Waals surface area (Å²) in [5.41, 5.74) is 0. The molecule has 0 aromatic rings. The summed E-state index contributed by atoms with van der Waals surface area (Å²) < 4.78 is 0. The summed E-state index contributed by atoms with van der Waals surface area (Å²) in [5.74, 6) is 0. The molecule has 0 atom stereocenters. The van der Waals surface area contributed by atoms with Crippen LogP contribution in [0.3, 0.4) is 0 Å². The maximum absolute atomic E-state index is 0. The first-order valence-electron chi connectivity index (χ1n) is 0. The van der Waals surface area contributed by atoms with Crippen molar-refractivity contribution >= 4 is 0 Å². The van der Waals surface area contributed by atoms with Gasteiger partial charge in [-0.1, -0.05) is 0 Å². The Balaban J connectivity index is 0. The Morgan fingerprint density at radius 3 is 0.500 bits per heavy atom. The van der Waals surface area contributed by atoms with E-state index in [1.807, 2.05) is 0 Å². The quantitative estimate of drug-likeness (QED) is 0.420. The van der Waals surface area contributed by atoms with Gasteiger partial charge in [0.1, 0.15) is 0 Å². The van der Waals surface area contributed by atoms with Crippen LogP contribution in [-0.4, -0.2) is 11.0 Å². The van der Waals surface area contributed by atoms with Gasteiger partial charge in [-0.2, -0.15) is 0 Å². The molecular weight excluding hydrogens is 128 g/mol. The summed E-state index contributed by atoms with van der Waals surface area (Å²) in [7, 11) is 0. The molecule has 4 heavy (non-hydrogen) atoms. The van der Waals surface area contributed by atoms with Crippen molar-refractivity contribution in [3.05, 3.63) is 0 Å². The van der Waals surface area contributed by atoms with Crippen LogP contribution in [0.15, 0.2) is 0 Å². The summed E-state index contributed by atoms with van der Waals surface area (Å²) in [6, 6.07) is 0. The van der Waals surface area contributed by atoms with Gasteiger partial charge in [0.05, 0.1) is 0 Å². The third-order valence-corrected chi connectivity index (χ3v) is 0. The first-order valence-corrected chi connectivity index (χ1v) is 0. The third-order valence-electron chi connectivity index (χ3n) is 0. The topological polar surface area (TPSA) is 60.0 Å². The van der Waals surface area contributed by atoms with Crippen molar-refractivity contribution in [3.63, 3.8) is 0 Å². The molecule has 0 heterocycles. The molecule has 0 bridgehead atoms. The standard InChI is InChI=1S/2H2O.2Ti/h2*1H2;;/q;;2*+4/p-2. The van der Waals surface area contributed by atoms with Crippen molar-refractivity contribution in [2.75, 3.05) is 0 Å². The predicted octanol–water partition coefficient (Wildman–Crippen LogP) is -0.359. The number of rotatable bonds is 0. The van der Waals surface area contributed by atoms with E-state index in [0.29, 0.717) is 0 Å². The van der Waals surface area contributed by atoms with Gasteiger partial charge in [-0.3, -0.25) is 0 Å². The van der Waals surface area contributed by atoms with Gasteiger partial charge >= 0.3 is 43.4 Å². The smallest absolute Gasteiger partial charge is 0.870 e. The Bertz CT molecular complexity index is 4.00. The minimum absolute atomic E-state index is 0. The van der Waals surface area contributed by atoms with Crippen molar-refractivity contribution in [2.45, 2.75) is 0 Å². The minimum Gasteiger partial charge on any atom is -0.870 e. The molecular formula is H2O2Ti2+6. The van der Waals surface area contributed by atoms with Gasteiger partial charge in [0.2, 0.25) is 0 Å².